The van der Waals surface area contributed by atoms with Crippen LogP contribution in [0.1, 0.15) is 40.5 Å². The van der Waals surface area contributed by atoms with Gasteiger partial charge >= 0.3 is 5.97 Å². The van der Waals surface area contributed by atoms with Crippen LogP contribution in [-0.4, -0.2) is 35.6 Å². The monoisotopic (exact) mass is 259 g/mol. The van der Waals surface area contributed by atoms with Crippen molar-refractivity contribution in [2.45, 2.75) is 52.2 Å². The lowest BCUT2D eigenvalue weighted by Gasteiger charge is -2.27. The lowest BCUT2D eigenvalue weighted by atomic mass is 10.1. The zero-order chi connectivity index (χ0) is 13.1. The molecule has 1 rings (SSSR count). The van der Waals surface area contributed by atoms with Crippen LogP contribution < -0.4 is 0 Å². The number of nitrogens with zero attached hydrogens (tertiary/aromatic N) is 1. The first-order valence-electron chi connectivity index (χ1n) is 6.06. The number of rotatable bonds is 3. The number of carbonyl (C=O) groups is 1. The first-order chi connectivity index (χ1) is 7.83. The Bertz CT molecular complexity index is 307. The Hall–Kier alpha value is -0.540. The number of esters is 1. The minimum absolute atomic E-state index is 0.110. The van der Waals surface area contributed by atoms with Gasteiger partial charge in [0.15, 0.2) is 0 Å². The number of ether oxygens (including phenoxy) is 1. The maximum atomic E-state index is 12.0. The van der Waals surface area contributed by atoms with Crippen molar-refractivity contribution in [3.63, 3.8) is 0 Å². The van der Waals surface area contributed by atoms with Crippen LogP contribution in [0.25, 0.3) is 0 Å². The van der Waals surface area contributed by atoms with Crippen molar-refractivity contribution in [2.24, 2.45) is 0 Å². The van der Waals surface area contributed by atoms with E-state index in [2.05, 4.69) is 4.90 Å². The van der Waals surface area contributed by atoms with Gasteiger partial charge in [0.1, 0.15) is 11.6 Å². The van der Waals surface area contributed by atoms with Crippen LogP contribution in [0, 0.1) is 0 Å². The van der Waals surface area contributed by atoms with Crippen LogP contribution in [0.2, 0.25) is 0 Å². The Morgan fingerprint density at radius 3 is 2.71 bits per heavy atom. The van der Waals surface area contributed by atoms with Gasteiger partial charge in [-0.3, -0.25) is 9.69 Å². The minimum Gasteiger partial charge on any atom is -0.459 e. The molecule has 0 aromatic carbocycles. The first-order valence-corrected chi connectivity index (χ1v) is 6.50. The van der Waals surface area contributed by atoms with Gasteiger partial charge in [-0.15, -0.1) is 0 Å². The third kappa shape index (κ3) is 4.68. The van der Waals surface area contributed by atoms with Crippen molar-refractivity contribution in [3.8, 4) is 0 Å². The van der Waals surface area contributed by atoms with Crippen molar-refractivity contribution in [3.05, 3.63) is 11.1 Å². The summed E-state index contributed by atoms with van der Waals surface area (Å²) in [5, 5.41) is 0. The molecule has 17 heavy (non-hydrogen) atoms. The molecule has 0 aromatic rings. The summed E-state index contributed by atoms with van der Waals surface area (Å²) >= 11 is 5.66. The molecule has 1 aliphatic rings. The van der Waals surface area contributed by atoms with E-state index in [1.807, 2.05) is 27.7 Å². The van der Waals surface area contributed by atoms with E-state index in [-0.39, 0.29) is 12.0 Å². The molecule has 0 saturated carbocycles. The second kappa shape index (κ2) is 5.87. The van der Waals surface area contributed by atoms with E-state index < -0.39 is 5.60 Å². The zero-order valence-corrected chi connectivity index (χ0v) is 11.9. The third-order valence-corrected chi connectivity index (χ3v) is 3.05. The minimum atomic E-state index is -0.414. The van der Waals surface area contributed by atoms with Gasteiger partial charge < -0.3 is 4.74 Å². The summed E-state index contributed by atoms with van der Waals surface area (Å²) in [6.45, 7) is 9.34. The summed E-state index contributed by atoms with van der Waals surface area (Å²) in [5.74, 6) is -0.114. The summed E-state index contributed by atoms with van der Waals surface area (Å²) in [7, 11) is 0. The molecular weight excluding hydrogens is 238 g/mol. The summed E-state index contributed by atoms with van der Waals surface area (Å²) in [6, 6.07) is -0.110. The molecule has 0 bridgehead atoms. The molecule has 1 heterocycles. The van der Waals surface area contributed by atoms with Crippen LogP contribution in [0.3, 0.4) is 0 Å². The summed E-state index contributed by atoms with van der Waals surface area (Å²) in [6.07, 6.45) is 1.92. The SMILES string of the molecule is CC(=CCl)CN1CCC[C@@H]1C(=O)OC(C)(C)C. The molecule has 0 aromatic heterocycles. The molecule has 1 saturated heterocycles. The molecule has 98 valence electrons. The van der Waals surface area contributed by atoms with Crippen molar-refractivity contribution in [2.75, 3.05) is 13.1 Å². The molecule has 0 aliphatic carbocycles. The summed E-state index contributed by atoms with van der Waals surface area (Å²) in [4.78, 5) is 14.2. The maximum Gasteiger partial charge on any atom is 0.323 e. The fraction of sp³-hybridized carbons (Fsp3) is 0.769. The first kappa shape index (κ1) is 14.5. The fourth-order valence-electron chi connectivity index (χ4n) is 2.01. The van der Waals surface area contributed by atoms with E-state index in [4.69, 9.17) is 16.3 Å². The van der Waals surface area contributed by atoms with Crippen LogP contribution in [-0.2, 0) is 9.53 Å². The second-order valence-corrected chi connectivity index (χ2v) is 5.84. The van der Waals surface area contributed by atoms with Gasteiger partial charge in [0.2, 0.25) is 0 Å². The highest BCUT2D eigenvalue weighted by atomic mass is 35.5. The van der Waals surface area contributed by atoms with Crippen LogP contribution in [0.4, 0.5) is 0 Å². The molecular formula is C13H22ClNO2. The van der Waals surface area contributed by atoms with Crippen LogP contribution >= 0.6 is 11.6 Å². The summed E-state index contributed by atoms with van der Waals surface area (Å²) in [5.41, 5.74) is 2.23. The van der Waals surface area contributed by atoms with E-state index in [0.29, 0.717) is 0 Å². The van der Waals surface area contributed by atoms with Gasteiger partial charge in [0, 0.05) is 12.1 Å². The molecule has 0 N–H and O–H groups in total. The number of carbonyl (C=O) groups excluding carboxylic acids is 1. The molecule has 0 spiro atoms. The number of likely N-dealkylation sites (tertiary alicyclic amines) is 1. The highest BCUT2D eigenvalue weighted by Gasteiger charge is 2.33. The Labute approximate surface area is 109 Å². The van der Waals surface area contributed by atoms with Gasteiger partial charge in [0.05, 0.1) is 0 Å². The van der Waals surface area contributed by atoms with E-state index in [0.717, 1.165) is 31.5 Å². The Kier molecular flexibility index (Phi) is 5.02. The second-order valence-electron chi connectivity index (χ2n) is 5.62. The molecule has 3 nitrogen and oxygen atoms in total. The molecule has 0 unspecified atom stereocenters. The normalized spacial score (nSPS) is 22.9. The average Bonchev–Trinajstić information content (AvgIpc) is 2.63. The van der Waals surface area contributed by atoms with E-state index in [1.165, 1.54) is 0 Å². The number of hydrogen-bond donors (Lipinski definition) is 0. The lowest BCUT2D eigenvalue weighted by molar-refractivity contribution is -0.160. The van der Waals surface area contributed by atoms with Gasteiger partial charge in [-0.05, 0) is 52.7 Å². The highest BCUT2D eigenvalue weighted by Crippen LogP contribution is 2.22. The van der Waals surface area contributed by atoms with Gasteiger partial charge in [-0.1, -0.05) is 11.6 Å². The van der Waals surface area contributed by atoms with E-state index >= 15 is 0 Å². The maximum absolute atomic E-state index is 12.0. The fourth-order valence-corrected chi connectivity index (χ4v) is 2.08. The molecule has 0 amide bonds. The Morgan fingerprint density at radius 1 is 1.53 bits per heavy atom. The predicted octanol–water partition coefficient (Wildman–Crippen LogP) is 2.94. The Morgan fingerprint density at radius 2 is 2.18 bits per heavy atom. The lowest BCUT2D eigenvalue weighted by Crippen LogP contribution is -2.41. The molecule has 0 radical (unpaired) electrons. The quantitative estimate of drug-likeness (QED) is 0.730. The average molecular weight is 260 g/mol. The number of hydrogen-bond acceptors (Lipinski definition) is 3. The molecule has 1 atom stereocenters. The van der Waals surface area contributed by atoms with Gasteiger partial charge in [-0.25, -0.2) is 0 Å². The smallest absolute Gasteiger partial charge is 0.323 e. The highest BCUT2D eigenvalue weighted by molar-refractivity contribution is 6.25. The zero-order valence-electron chi connectivity index (χ0n) is 11.1. The Balaban J connectivity index is 2.60. The van der Waals surface area contributed by atoms with Gasteiger partial charge in [-0.2, -0.15) is 0 Å². The molecule has 4 heteroatoms. The molecule has 1 aliphatic heterocycles. The number of halogens is 1. The predicted molar refractivity (Wildman–Crippen MR) is 70.1 cm³/mol. The van der Waals surface area contributed by atoms with Crippen molar-refractivity contribution < 1.29 is 9.53 Å². The molecule has 1 fully saturated rings. The van der Waals surface area contributed by atoms with Crippen LogP contribution in [0.15, 0.2) is 11.1 Å². The van der Waals surface area contributed by atoms with Crippen molar-refractivity contribution in [1.82, 2.24) is 4.90 Å². The standard InChI is InChI=1S/C13H22ClNO2/c1-10(8-14)9-15-7-5-6-11(15)12(16)17-13(2,3)4/h8,11H,5-7,9H2,1-4H3/t11-/m1/s1. The third-order valence-electron chi connectivity index (χ3n) is 2.68. The topological polar surface area (TPSA) is 29.5 Å². The van der Waals surface area contributed by atoms with Crippen molar-refractivity contribution in [1.29, 1.82) is 0 Å². The largest absolute Gasteiger partial charge is 0.459 e. The van der Waals surface area contributed by atoms with E-state index in [1.54, 1.807) is 5.54 Å². The van der Waals surface area contributed by atoms with E-state index in [9.17, 15) is 4.79 Å². The van der Waals surface area contributed by atoms with Crippen molar-refractivity contribution >= 4 is 17.6 Å². The van der Waals surface area contributed by atoms with Gasteiger partial charge in [0.25, 0.3) is 0 Å². The summed E-state index contributed by atoms with van der Waals surface area (Å²) < 4.78 is 5.43. The van der Waals surface area contributed by atoms with Crippen LogP contribution in [0.5, 0.6) is 0 Å².